The van der Waals surface area contributed by atoms with Gasteiger partial charge in [-0.05, 0) is 43.5 Å². The predicted octanol–water partition coefficient (Wildman–Crippen LogP) is 3.87. The van der Waals surface area contributed by atoms with E-state index in [0.29, 0.717) is 29.6 Å². The smallest absolute Gasteiger partial charge is 0.322 e. The Labute approximate surface area is 213 Å². The van der Waals surface area contributed by atoms with Crippen LogP contribution in [-0.4, -0.2) is 48.2 Å². The number of ether oxygens (including phenoxy) is 2. The van der Waals surface area contributed by atoms with Crippen LogP contribution in [0.15, 0.2) is 49.1 Å². The van der Waals surface area contributed by atoms with Gasteiger partial charge in [0.25, 0.3) is 0 Å². The van der Waals surface area contributed by atoms with Crippen LogP contribution < -0.4 is 10.5 Å². The molecule has 0 unspecified atom stereocenters. The summed E-state index contributed by atoms with van der Waals surface area (Å²) in [7, 11) is 3.53. The molecule has 0 aliphatic rings. The van der Waals surface area contributed by atoms with E-state index in [1.165, 1.54) is 6.33 Å². The maximum Gasteiger partial charge on any atom is 0.322 e. The lowest BCUT2D eigenvalue weighted by Crippen LogP contribution is -2.00. The number of anilines is 1. The number of fused-ring (bicyclic) bond motifs is 1. The van der Waals surface area contributed by atoms with Gasteiger partial charge in [0.2, 0.25) is 5.82 Å². The van der Waals surface area contributed by atoms with Crippen molar-refractivity contribution in [2.45, 2.75) is 13.8 Å². The second-order valence-electron chi connectivity index (χ2n) is 8.27. The highest BCUT2D eigenvalue weighted by Gasteiger charge is 2.23. The summed E-state index contributed by atoms with van der Waals surface area (Å²) in [6.45, 7) is 4.12. The highest BCUT2D eigenvalue weighted by molar-refractivity contribution is 6.07. The van der Waals surface area contributed by atoms with Crippen molar-refractivity contribution in [3.63, 3.8) is 0 Å². The van der Waals surface area contributed by atoms with E-state index in [-0.39, 0.29) is 6.01 Å². The molecule has 184 valence electrons. The van der Waals surface area contributed by atoms with Crippen molar-refractivity contribution < 1.29 is 9.47 Å². The van der Waals surface area contributed by atoms with Crippen LogP contribution in [0, 0.1) is 25.7 Å². The molecule has 4 aromatic heterocycles. The van der Waals surface area contributed by atoms with Crippen molar-refractivity contribution in [1.29, 1.82) is 0 Å². The highest BCUT2D eigenvalue weighted by Crippen LogP contribution is 2.42. The minimum absolute atomic E-state index is 0.290. The Morgan fingerprint density at radius 2 is 1.81 bits per heavy atom. The molecule has 10 heteroatoms. The summed E-state index contributed by atoms with van der Waals surface area (Å²) < 4.78 is 12.8. The average Bonchev–Trinajstić information content (AvgIpc) is 3.18. The molecular weight excluding hydrogens is 468 g/mol. The van der Waals surface area contributed by atoms with Crippen molar-refractivity contribution in [3.8, 4) is 46.0 Å². The van der Waals surface area contributed by atoms with E-state index < -0.39 is 0 Å². The Morgan fingerprint density at radius 3 is 2.54 bits per heavy atom. The number of methoxy groups -OCH3 is 1. The molecule has 0 bridgehead atoms. The van der Waals surface area contributed by atoms with Crippen LogP contribution in [0.1, 0.15) is 17.2 Å². The van der Waals surface area contributed by atoms with E-state index in [9.17, 15) is 0 Å². The van der Waals surface area contributed by atoms with E-state index in [0.717, 1.165) is 39.2 Å². The van der Waals surface area contributed by atoms with Crippen LogP contribution in [0.25, 0.3) is 33.4 Å². The van der Waals surface area contributed by atoms with E-state index >= 15 is 0 Å². The lowest BCUT2D eigenvalue weighted by molar-refractivity contribution is 0.240. The van der Waals surface area contributed by atoms with Gasteiger partial charge in [0.1, 0.15) is 30.1 Å². The Hall–Kier alpha value is -4.88. The maximum absolute atomic E-state index is 6.36. The largest absolute Gasteiger partial charge is 0.424 e. The molecule has 2 N–H and O–H groups in total. The molecule has 1 aromatic carbocycles. The molecule has 5 rings (SSSR count). The van der Waals surface area contributed by atoms with Gasteiger partial charge in [-0.2, -0.15) is 0 Å². The fourth-order valence-electron chi connectivity index (χ4n) is 4.09. The molecule has 0 amide bonds. The highest BCUT2D eigenvalue weighted by atomic mass is 16.5. The average molecular weight is 493 g/mol. The van der Waals surface area contributed by atoms with Gasteiger partial charge in [-0.15, -0.1) is 0 Å². The van der Waals surface area contributed by atoms with Crippen molar-refractivity contribution in [2.75, 3.05) is 19.5 Å². The molecule has 0 atom stereocenters. The van der Waals surface area contributed by atoms with Gasteiger partial charge in [-0.25, -0.2) is 29.9 Å². The Balaban J connectivity index is 1.62. The molecule has 0 saturated carbocycles. The molecule has 10 nitrogen and oxygen atoms in total. The van der Waals surface area contributed by atoms with Gasteiger partial charge in [0, 0.05) is 43.4 Å². The van der Waals surface area contributed by atoms with Gasteiger partial charge >= 0.3 is 6.01 Å². The first-order chi connectivity index (χ1) is 18.0. The minimum Gasteiger partial charge on any atom is -0.424 e. The standard InChI is InChI=1S/C27H24N8O2/c1-16-11-12-29-27(33-16)37-19-9-7-18(8-10-19)22-23-25(28)31-15-32-26(23)35(3)24(22)20-14-30-21(34-17(20)2)6-5-13-36-4/h7-12,14-15H,13H2,1-4H3,(H2,28,31,32). The summed E-state index contributed by atoms with van der Waals surface area (Å²) in [5.74, 6) is 7.23. The number of rotatable bonds is 5. The number of aryl methyl sites for hydroxylation is 3. The molecular formula is C27H24N8O2. The summed E-state index contributed by atoms with van der Waals surface area (Å²) in [6.07, 6.45) is 4.89. The summed E-state index contributed by atoms with van der Waals surface area (Å²) in [4.78, 5) is 26.3. The van der Waals surface area contributed by atoms with E-state index in [2.05, 4.69) is 41.7 Å². The van der Waals surface area contributed by atoms with Crippen molar-refractivity contribution in [2.24, 2.45) is 7.05 Å². The molecule has 37 heavy (non-hydrogen) atoms. The normalized spacial score (nSPS) is 10.8. The zero-order chi connectivity index (χ0) is 25.9. The van der Waals surface area contributed by atoms with Gasteiger partial charge in [-0.1, -0.05) is 18.1 Å². The van der Waals surface area contributed by atoms with E-state index in [1.54, 1.807) is 19.5 Å². The number of hydrogen-bond donors (Lipinski definition) is 1. The third-order valence-corrected chi connectivity index (χ3v) is 5.77. The van der Waals surface area contributed by atoms with Crippen molar-refractivity contribution >= 4 is 16.9 Å². The maximum atomic E-state index is 6.36. The summed E-state index contributed by atoms with van der Waals surface area (Å²) in [5.41, 5.74) is 12.1. The lowest BCUT2D eigenvalue weighted by atomic mass is 9.99. The van der Waals surface area contributed by atoms with Gasteiger partial charge in [0.15, 0.2) is 0 Å². The first kappa shape index (κ1) is 23.8. The van der Waals surface area contributed by atoms with Crippen LogP contribution >= 0.6 is 0 Å². The monoisotopic (exact) mass is 492 g/mol. The summed E-state index contributed by atoms with van der Waals surface area (Å²) in [5, 5.41) is 0.749. The number of nitrogens with zero attached hydrogens (tertiary/aromatic N) is 7. The second-order valence-corrected chi connectivity index (χ2v) is 8.27. The van der Waals surface area contributed by atoms with Crippen LogP contribution in [-0.2, 0) is 11.8 Å². The number of hydrogen-bond acceptors (Lipinski definition) is 9. The Bertz CT molecular complexity index is 1670. The second kappa shape index (κ2) is 10.0. The van der Waals surface area contributed by atoms with Crippen LogP contribution in [0.2, 0.25) is 0 Å². The fourth-order valence-corrected chi connectivity index (χ4v) is 4.09. The number of nitrogen functional groups attached to an aromatic ring is 1. The topological polar surface area (TPSA) is 127 Å². The molecule has 0 spiro atoms. The summed E-state index contributed by atoms with van der Waals surface area (Å²) in [6, 6.07) is 9.74. The van der Waals surface area contributed by atoms with Gasteiger partial charge in [-0.3, -0.25) is 0 Å². The van der Waals surface area contributed by atoms with Gasteiger partial charge < -0.3 is 19.8 Å². The lowest BCUT2D eigenvalue weighted by Gasteiger charge is -2.11. The fraction of sp³-hybridized carbons (Fsp3) is 0.185. The zero-order valence-electron chi connectivity index (χ0n) is 20.9. The molecule has 0 aliphatic heterocycles. The molecule has 4 heterocycles. The number of benzene rings is 1. The molecule has 0 fully saturated rings. The number of aromatic nitrogens is 7. The van der Waals surface area contributed by atoms with Gasteiger partial charge in [0.05, 0.1) is 16.8 Å². The minimum atomic E-state index is 0.290. The number of nitrogens with two attached hydrogens (primary N) is 1. The molecule has 0 saturated heterocycles. The predicted molar refractivity (Wildman–Crippen MR) is 140 cm³/mol. The van der Waals surface area contributed by atoms with E-state index in [4.69, 9.17) is 15.2 Å². The third kappa shape index (κ3) is 4.68. The molecule has 5 aromatic rings. The third-order valence-electron chi connectivity index (χ3n) is 5.77. The Kier molecular flexibility index (Phi) is 6.45. The zero-order valence-corrected chi connectivity index (χ0v) is 20.9. The first-order valence-corrected chi connectivity index (χ1v) is 11.4. The quantitative estimate of drug-likeness (QED) is 0.364. The van der Waals surface area contributed by atoms with Crippen molar-refractivity contribution in [3.05, 3.63) is 66.3 Å². The molecule has 0 radical (unpaired) electrons. The van der Waals surface area contributed by atoms with Crippen LogP contribution in [0.3, 0.4) is 0 Å². The Morgan fingerprint density at radius 1 is 1.00 bits per heavy atom. The van der Waals surface area contributed by atoms with E-state index in [1.807, 2.05) is 55.8 Å². The van der Waals surface area contributed by atoms with Crippen LogP contribution in [0.4, 0.5) is 5.82 Å². The summed E-state index contributed by atoms with van der Waals surface area (Å²) >= 11 is 0. The van der Waals surface area contributed by atoms with Crippen molar-refractivity contribution in [1.82, 2.24) is 34.5 Å². The molecule has 0 aliphatic carbocycles. The first-order valence-electron chi connectivity index (χ1n) is 11.4. The van der Waals surface area contributed by atoms with Crippen LogP contribution in [0.5, 0.6) is 11.8 Å². The SMILES string of the molecule is COCC#Cc1ncc(-c2c(-c3ccc(Oc4nccc(C)n4)cc3)c3c(N)ncnc3n2C)c(C)n1.